The molecule has 0 bridgehead atoms. The molecular formula is C29H34F3NO3. The first-order chi connectivity index (χ1) is 17.0. The molecule has 1 saturated heterocycles. The Hall–Kier alpha value is -2.67. The summed E-state index contributed by atoms with van der Waals surface area (Å²) in [6.07, 6.45) is 0.760. The van der Waals surface area contributed by atoms with Gasteiger partial charge in [-0.1, -0.05) is 42.0 Å². The summed E-state index contributed by atoms with van der Waals surface area (Å²) in [7, 11) is 0. The maximum absolute atomic E-state index is 12.9. The molecule has 4 rings (SSSR count). The van der Waals surface area contributed by atoms with E-state index in [0.29, 0.717) is 24.9 Å². The number of halogens is 3. The van der Waals surface area contributed by atoms with Crippen molar-refractivity contribution in [3.05, 3.63) is 70.8 Å². The van der Waals surface area contributed by atoms with Crippen molar-refractivity contribution in [3.8, 4) is 0 Å². The lowest BCUT2D eigenvalue weighted by Gasteiger charge is -2.37. The van der Waals surface area contributed by atoms with Crippen LogP contribution in [0.5, 0.6) is 0 Å². The van der Waals surface area contributed by atoms with Crippen LogP contribution in [0.15, 0.2) is 48.5 Å². The van der Waals surface area contributed by atoms with Gasteiger partial charge in [0, 0.05) is 31.5 Å². The summed E-state index contributed by atoms with van der Waals surface area (Å²) >= 11 is 0. The number of aliphatic hydroxyl groups is 1. The van der Waals surface area contributed by atoms with E-state index in [9.17, 15) is 27.9 Å². The van der Waals surface area contributed by atoms with Crippen molar-refractivity contribution in [2.75, 3.05) is 13.1 Å². The number of amides is 1. The second kappa shape index (κ2) is 10.8. The molecule has 1 aliphatic carbocycles. The van der Waals surface area contributed by atoms with Crippen molar-refractivity contribution in [1.82, 2.24) is 4.90 Å². The minimum absolute atomic E-state index is 0.00874. The average molecular weight is 502 g/mol. The van der Waals surface area contributed by atoms with Gasteiger partial charge in [0.1, 0.15) is 0 Å². The van der Waals surface area contributed by atoms with Crippen molar-refractivity contribution in [2.24, 2.45) is 11.8 Å². The highest BCUT2D eigenvalue weighted by Crippen LogP contribution is 2.42. The van der Waals surface area contributed by atoms with Crippen LogP contribution in [0.3, 0.4) is 0 Å². The Bertz CT molecular complexity index is 1070. The number of hydrogen-bond donors (Lipinski definition) is 1. The van der Waals surface area contributed by atoms with Crippen LogP contribution in [-0.2, 0) is 16.6 Å². The molecule has 1 amide bonds. The van der Waals surface area contributed by atoms with E-state index in [1.54, 1.807) is 4.90 Å². The zero-order valence-electron chi connectivity index (χ0n) is 20.7. The predicted molar refractivity (Wildman–Crippen MR) is 131 cm³/mol. The molecule has 2 fully saturated rings. The van der Waals surface area contributed by atoms with Gasteiger partial charge in [-0.05, 0) is 75.0 Å². The lowest BCUT2D eigenvalue weighted by Crippen LogP contribution is -2.32. The Morgan fingerprint density at radius 1 is 1.00 bits per heavy atom. The highest BCUT2D eigenvalue weighted by Gasteiger charge is 2.37. The van der Waals surface area contributed by atoms with Gasteiger partial charge in [0.25, 0.3) is 0 Å². The van der Waals surface area contributed by atoms with Crippen LogP contribution in [0.4, 0.5) is 13.2 Å². The summed E-state index contributed by atoms with van der Waals surface area (Å²) in [5.74, 6) is 0.366. The number of likely N-dealkylation sites (tertiary alicyclic amines) is 1. The number of alkyl halides is 3. The minimum atomic E-state index is -4.51. The van der Waals surface area contributed by atoms with Crippen molar-refractivity contribution in [2.45, 2.75) is 70.1 Å². The number of benzene rings is 2. The van der Waals surface area contributed by atoms with Crippen LogP contribution < -0.4 is 0 Å². The summed E-state index contributed by atoms with van der Waals surface area (Å²) in [5, 5.41) is 11.1. The van der Waals surface area contributed by atoms with E-state index in [1.165, 1.54) is 17.7 Å². The molecule has 0 aromatic heterocycles. The average Bonchev–Trinajstić information content (AvgIpc) is 3.32. The van der Waals surface area contributed by atoms with Gasteiger partial charge >= 0.3 is 6.18 Å². The summed E-state index contributed by atoms with van der Waals surface area (Å²) < 4.78 is 38.7. The quantitative estimate of drug-likeness (QED) is 0.454. The lowest BCUT2D eigenvalue weighted by atomic mass is 9.73. The first-order valence-electron chi connectivity index (χ1n) is 12.8. The number of hydrogen-bond acceptors (Lipinski definition) is 3. The molecular weight excluding hydrogens is 467 g/mol. The number of carbonyl (C=O) groups excluding carboxylic acids is 2. The van der Waals surface area contributed by atoms with Crippen LogP contribution >= 0.6 is 0 Å². The van der Waals surface area contributed by atoms with Gasteiger partial charge < -0.3 is 10.0 Å². The molecule has 4 nitrogen and oxygen atoms in total. The molecule has 1 saturated carbocycles. The fourth-order valence-electron chi connectivity index (χ4n) is 5.66. The van der Waals surface area contributed by atoms with Gasteiger partial charge in [0.05, 0.1) is 11.2 Å². The van der Waals surface area contributed by atoms with E-state index < -0.39 is 23.1 Å². The molecule has 1 N–H and O–H groups in total. The summed E-state index contributed by atoms with van der Waals surface area (Å²) in [6, 6.07) is 12.5. The normalized spacial score (nSPS) is 24.6. The third-order valence-corrected chi connectivity index (χ3v) is 7.90. The number of carbonyl (C=O) groups is 2. The van der Waals surface area contributed by atoms with Crippen molar-refractivity contribution in [1.29, 1.82) is 0 Å². The monoisotopic (exact) mass is 501 g/mol. The fraction of sp³-hybridized carbons (Fsp3) is 0.517. The van der Waals surface area contributed by atoms with Crippen LogP contribution in [0.2, 0.25) is 0 Å². The third kappa shape index (κ3) is 6.36. The molecule has 1 aliphatic heterocycles. The van der Waals surface area contributed by atoms with Gasteiger partial charge in [0.15, 0.2) is 5.78 Å². The molecule has 2 aromatic carbocycles. The summed E-state index contributed by atoms with van der Waals surface area (Å²) in [4.78, 5) is 26.8. The van der Waals surface area contributed by atoms with E-state index in [2.05, 4.69) is 0 Å². The molecule has 2 aliphatic rings. The van der Waals surface area contributed by atoms with Crippen LogP contribution in [0, 0.1) is 18.8 Å². The Morgan fingerprint density at radius 2 is 1.69 bits per heavy atom. The number of ketones is 1. The van der Waals surface area contributed by atoms with E-state index in [-0.39, 0.29) is 24.3 Å². The van der Waals surface area contributed by atoms with Gasteiger partial charge in [0.2, 0.25) is 5.91 Å². The van der Waals surface area contributed by atoms with Crippen LogP contribution in [0.25, 0.3) is 0 Å². The summed E-state index contributed by atoms with van der Waals surface area (Å²) in [6.45, 7) is 3.35. The third-order valence-electron chi connectivity index (χ3n) is 7.90. The Kier molecular flexibility index (Phi) is 7.88. The zero-order valence-corrected chi connectivity index (χ0v) is 20.7. The first kappa shape index (κ1) is 26.4. The molecule has 2 aromatic rings. The highest BCUT2D eigenvalue weighted by atomic mass is 19.4. The molecule has 194 valence electrons. The minimum Gasteiger partial charge on any atom is -0.385 e. The van der Waals surface area contributed by atoms with Gasteiger partial charge in [-0.25, -0.2) is 0 Å². The van der Waals surface area contributed by atoms with Crippen LogP contribution in [-0.4, -0.2) is 34.8 Å². The highest BCUT2D eigenvalue weighted by molar-refractivity contribution is 5.98. The Balaban J connectivity index is 1.21. The maximum atomic E-state index is 12.9. The standard InChI is InChI=1S/C29H34F3NO3/c1-20-5-7-24(8-6-20)28(36)14-11-21(12-15-28)17-22-13-16-33(19-22)27(35)10-9-26(34)23-3-2-4-25(18-23)29(30,31)32/h2-8,18,21-22,36H,9-17,19H2,1H3. The Labute approximate surface area is 210 Å². The Morgan fingerprint density at radius 3 is 2.36 bits per heavy atom. The molecule has 1 unspecified atom stereocenters. The van der Waals surface area contributed by atoms with Gasteiger partial charge in [-0.3, -0.25) is 9.59 Å². The molecule has 1 atom stereocenters. The van der Waals surface area contributed by atoms with Crippen LogP contribution in [0.1, 0.15) is 78.4 Å². The molecule has 0 radical (unpaired) electrons. The first-order valence-corrected chi connectivity index (χ1v) is 12.8. The van der Waals surface area contributed by atoms with Crippen molar-refractivity contribution < 1.29 is 27.9 Å². The molecule has 0 spiro atoms. The predicted octanol–water partition coefficient (Wildman–Crippen LogP) is 6.29. The number of Topliss-reactive ketones (excluding diaryl/α,β-unsaturated/α-hetero) is 1. The van der Waals surface area contributed by atoms with E-state index >= 15 is 0 Å². The van der Waals surface area contributed by atoms with Gasteiger partial charge in [-0.15, -0.1) is 0 Å². The SMILES string of the molecule is Cc1ccc(C2(O)CCC(CC3CCN(C(=O)CCC(=O)c4cccc(C(F)(F)F)c4)C3)CC2)cc1. The molecule has 1 heterocycles. The number of rotatable bonds is 7. The second-order valence-corrected chi connectivity index (χ2v) is 10.6. The smallest absolute Gasteiger partial charge is 0.385 e. The number of nitrogens with zero attached hydrogens (tertiary/aromatic N) is 1. The van der Waals surface area contributed by atoms with E-state index in [1.807, 2.05) is 31.2 Å². The van der Waals surface area contributed by atoms with Crippen molar-refractivity contribution >= 4 is 11.7 Å². The van der Waals surface area contributed by atoms with Gasteiger partial charge in [-0.2, -0.15) is 13.2 Å². The zero-order chi connectivity index (χ0) is 25.9. The maximum Gasteiger partial charge on any atom is 0.416 e. The lowest BCUT2D eigenvalue weighted by molar-refractivity contribution is -0.137. The van der Waals surface area contributed by atoms with Crippen molar-refractivity contribution in [3.63, 3.8) is 0 Å². The van der Waals surface area contributed by atoms with E-state index in [0.717, 1.165) is 56.2 Å². The second-order valence-electron chi connectivity index (χ2n) is 10.6. The topological polar surface area (TPSA) is 57.6 Å². The summed E-state index contributed by atoms with van der Waals surface area (Å²) in [5.41, 5.74) is 0.538. The van der Waals surface area contributed by atoms with E-state index in [4.69, 9.17) is 0 Å². The molecule has 36 heavy (non-hydrogen) atoms. The molecule has 7 heteroatoms. The largest absolute Gasteiger partial charge is 0.416 e. The fourth-order valence-corrected chi connectivity index (χ4v) is 5.66. The number of aryl methyl sites for hydroxylation is 1.